The molecule has 200 valence electrons. The van der Waals surface area contributed by atoms with Gasteiger partial charge >= 0.3 is 0 Å². The Balaban J connectivity index is 3.89. The van der Waals surface area contributed by atoms with Crippen LogP contribution in [0.15, 0.2) is 0 Å². The second kappa shape index (κ2) is 18.2. The Hall–Kier alpha value is -0.0800. The first-order valence-electron chi connectivity index (χ1n) is 14.6. The fourth-order valence-electron chi connectivity index (χ4n) is 4.77. The Morgan fingerprint density at radius 3 is 1.30 bits per heavy atom. The zero-order valence-corrected chi connectivity index (χ0v) is 24.7. The van der Waals surface area contributed by atoms with Crippen LogP contribution in [0.25, 0.3) is 0 Å². The van der Waals surface area contributed by atoms with Crippen molar-refractivity contribution in [2.45, 2.75) is 164 Å². The third-order valence-corrected chi connectivity index (χ3v) is 7.42. The summed E-state index contributed by atoms with van der Waals surface area (Å²) in [6, 6.07) is 0. The predicted octanol–water partition coefficient (Wildman–Crippen LogP) is 10.2. The minimum Gasteiger partial charge on any atom is -0.376 e. The molecule has 0 amide bonds. The standard InChI is InChI=1S/C31H64O2/c1-11-15-27(4)18-13-22-30(7,8)33-25-21-29(6)19-14-23-31(9,10)32-24-20-28(5)17-12-16-26(2)3/h26-29H,11-25H2,1-10H3. The van der Waals surface area contributed by atoms with E-state index in [2.05, 4.69) is 69.2 Å². The molecule has 0 aromatic rings. The highest BCUT2D eigenvalue weighted by molar-refractivity contribution is 4.72. The maximum atomic E-state index is 6.28. The number of hydrogen-bond donors (Lipinski definition) is 0. The van der Waals surface area contributed by atoms with Gasteiger partial charge in [0.25, 0.3) is 0 Å². The Kier molecular flexibility index (Phi) is 18.2. The van der Waals surface area contributed by atoms with Crippen LogP contribution in [0, 0.1) is 23.7 Å². The normalized spacial score (nSPS) is 15.7. The lowest BCUT2D eigenvalue weighted by Gasteiger charge is -2.28. The van der Waals surface area contributed by atoms with Crippen molar-refractivity contribution < 1.29 is 9.47 Å². The average molecular weight is 469 g/mol. The van der Waals surface area contributed by atoms with E-state index >= 15 is 0 Å². The zero-order chi connectivity index (χ0) is 25.3. The van der Waals surface area contributed by atoms with Crippen LogP contribution in [-0.2, 0) is 9.47 Å². The number of rotatable bonds is 22. The molecule has 0 rings (SSSR count). The van der Waals surface area contributed by atoms with Crippen molar-refractivity contribution in [2.75, 3.05) is 13.2 Å². The van der Waals surface area contributed by atoms with Crippen LogP contribution in [0.5, 0.6) is 0 Å². The van der Waals surface area contributed by atoms with Gasteiger partial charge in [0.15, 0.2) is 0 Å². The van der Waals surface area contributed by atoms with E-state index < -0.39 is 0 Å². The lowest BCUT2D eigenvalue weighted by atomic mass is 9.93. The largest absolute Gasteiger partial charge is 0.376 e. The smallest absolute Gasteiger partial charge is 0.0626 e. The van der Waals surface area contributed by atoms with Gasteiger partial charge in [-0.15, -0.1) is 0 Å². The van der Waals surface area contributed by atoms with Gasteiger partial charge in [-0.25, -0.2) is 0 Å². The first-order valence-corrected chi connectivity index (χ1v) is 14.6. The Labute approximate surface area is 210 Å². The van der Waals surface area contributed by atoms with E-state index in [0.29, 0.717) is 0 Å². The molecule has 3 unspecified atom stereocenters. The molecule has 2 nitrogen and oxygen atoms in total. The van der Waals surface area contributed by atoms with Crippen molar-refractivity contribution in [3.63, 3.8) is 0 Å². The lowest BCUT2D eigenvalue weighted by molar-refractivity contribution is -0.0345. The predicted molar refractivity (Wildman–Crippen MR) is 148 cm³/mol. The maximum absolute atomic E-state index is 6.28. The molecule has 0 saturated carbocycles. The molecule has 0 radical (unpaired) electrons. The van der Waals surface area contributed by atoms with Crippen LogP contribution in [0.3, 0.4) is 0 Å². The van der Waals surface area contributed by atoms with Gasteiger partial charge in [0.1, 0.15) is 0 Å². The summed E-state index contributed by atoms with van der Waals surface area (Å²) in [7, 11) is 0. The van der Waals surface area contributed by atoms with E-state index in [1.165, 1.54) is 77.0 Å². The summed E-state index contributed by atoms with van der Waals surface area (Å²) in [6.45, 7) is 25.0. The summed E-state index contributed by atoms with van der Waals surface area (Å²) < 4.78 is 12.6. The maximum Gasteiger partial charge on any atom is 0.0626 e. The highest BCUT2D eigenvalue weighted by Crippen LogP contribution is 2.25. The highest BCUT2D eigenvalue weighted by atomic mass is 16.5. The monoisotopic (exact) mass is 468 g/mol. The molecule has 0 bridgehead atoms. The van der Waals surface area contributed by atoms with Crippen molar-refractivity contribution >= 4 is 0 Å². The molecule has 2 heteroatoms. The quantitative estimate of drug-likeness (QED) is 0.157. The van der Waals surface area contributed by atoms with Crippen molar-refractivity contribution in [1.82, 2.24) is 0 Å². The third kappa shape index (κ3) is 21.0. The molecular formula is C31H64O2. The Morgan fingerprint density at radius 2 is 0.909 bits per heavy atom. The molecule has 0 heterocycles. The molecule has 0 aliphatic carbocycles. The first kappa shape index (κ1) is 32.9. The van der Waals surface area contributed by atoms with E-state index in [9.17, 15) is 0 Å². The van der Waals surface area contributed by atoms with Crippen molar-refractivity contribution in [2.24, 2.45) is 23.7 Å². The molecular weight excluding hydrogens is 404 g/mol. The molecule has 33 heavy (non-hydrogen) atoms. The van der Waals surface area contributed by atoms with Gasteiger partial charge in [-0.2, -0.15) is 0 Å². The molecule has 0 aromatic carbocycles. The number of ether oxygens (including phenoxy) is 2. The number of hydrogen-bond acceptors (Lipinski definition) is 2. The van der Waals surface area contributed by atoms with Crippen LogP contribution in [0.2, 0.25) is 0 Å². The molecule has 0 fully saturated rings. The molecule has 0 saturated heterocycles. The van der Waals surface area contributed by atoms with Crippen LogP contribution in [0.1, 0.15) is 153 Å². The van der Waals surface area contributed by atoms with Crippen LogP contribution in [-0.4, -0.2) is 24.4 Å². The summed E-state index contributed by atoms with van der Waals surface area (Å²) >= 11 is 0. The van der Waals surface area contributed by atoms with Crippen LogP contribution < -0.4 is 0 Å². The van der Waals surface area contributed by atoms with E-state index in [4.69, 9.17) is 9.47 Å². The first-order chi connectivity index (χ1) is 15.4. The summed E-state index contributed by atoms with van der Waals surface area (Å²) in [5.74, 6) is 3.19. The molecule has 0 aromatic heterocycles. The van der Waals surface area contributed by atoms with Gasteiger partial charge in [-0.05, 0) is 77.0 Å². The van der Waals surface area contributed by atoms with Gasteiger partial charge in [0.05, 0.1) is 11.2 Å². The second-order valence-electron chi connectivity index (χ2n) is 13.0. The Morgan fingerprint density at radius 1 is 0.515 bits per heavy atom. The molecule has 0 aliphatic rings. The summed E-state index contributed by atoms with van der Waals surface area (Å²) in [4.78, 5) is 0. The van der Waals surface area contributed by atoms with E-state index in [1.54, 1.807) is 0 Å². The summed E-state index contributed by atoms with van der Waals surface area (Å²) in [5.41, 5.74) is 0.0260. The van der Waals surface area contributed by atoms with Gasteiger partial charge in [0.2, 0.25) is 0 Å². The minimum atomic E-state index is 0.00474. The van der Waals surface area contributed by atoms with E-state index in [-0.39, 0.29) is 11.2 Å². The zero-order valence-electron chi connectivity index (χ0n) is 24.7. The van der Waals surface area contributed by atoms with Gasteiger partial charge < -0.3 is 9.47 Å². The van der Waals surface area contributed by atoms with E-state index in [0.717, 1.165) is 43.3 Å². The molecule has 3 atom stereocenters. The van der Waals surface area contributed by atoms with Gasteiger partial charge in [-0.3, -0.25) is 0 Å². The van der Waals surface area contributed by atoms with Crippen LogP contribution >= 0.6 is 0 Å². The summed E-state index contributed by atoms with van der Waals surface area (Å²) in [5, 5.41) is 0. The molecule has 0 aliphatic heterocycles. The SMILES string of the molecule is CCCC(C)CCCC(C)(C)OCCC(C)CCCC(C)(C)OCCC(C)CCCC(C)C. The van der Waals surface area contributed by atoms with Crippen LogP contribution in [0.4, 0.5) is 0 Å². The molecule has 0 N–H and O–H groups in total. The minimum absolute atomic E-state index is 0.00474. The van der Waals surface area contributed by atoms with Crippen molar-refractivity contribution in [3.8, 4) is 0 Å². The second-order valence-corrected chi connectivity index (χ2v) is 13.0. The highest BCUT2D eigenvalue weighted by Gasteiger charge is 2.20. The fourth-order valence-corrected chi connectivity index (χ4v) is 4.77. The lowest BCUT2D eigenvalue weighted by Crippen LogP contribution is -2.26. The van der Waals surface area contributed by atoms with Gasteiger partial charge in [-0.1, -0.05) is 99.3 Å². The van der Waals surface area contributed by atoms with E-state index in [1.807, 2.05) is 0 Å². The summed E-state index contributed by atoms with van der Waals surface area (Å²) in [6.07, 6.45) is 16.6. The van der Waals surface area contributed by atoms with Crippen molar-refractivity contribution in [1.29, 1.82) is 0 Å². The Bertz CT molecular complexity index is 440. The average Bonchev–Trinajstić information content (AvgIpc) is 2.67. The third-order valence-electron chi connectivity index (χ3n) is 7.42. The van der Waals surface area contributed by atoms with Crippen molar-refractivity contribution in [3.05, 3.63) is 0 Å². The fraction of sp³-hybridized carbons (Fsp3) is 1.00. The van der Waals surface area contributed by atoms with Gasteiger partial charge in [0, 0.05) is 13.2 Å². The topological polar surface area (TPSA) is 18.5 Å². The molecule has 0 spiro atoms.